The molecule has 11 heavy (non-hydrogen) atoms. The van der Waals surface area contributed by atoms with E-state index in [-0.39, 0.29) is 0 Å². The van der Waals surface area contributed by atoms with Crippen LogP contribution in [-0.4, -0.2) is 9.97 Å². The van der Waals surface area contributed by atoms with E-state index in [1.165, 1.54) is 12.8 Å². The molecule has 1 fully saturated rings. The Bertz CT molecular complexity index is 264. The maximum Gasteiger partial charge on any atom is 0.124 e. The fourth-order valence-corrected chi connectivity index (χ4v) is 1.27. The third-order valence-corrected chi connectivity index (χ3v) is 2.65. The summed E-state index contributed by atoms with van der Waals surface area (Å²) in [6.07, 6.45) is 6.13. The lowest BCUT2D eigenvalue weighted by molar-refractivity contribution is 0.740. The molecule has 0 aromatic carbocycles. The number of halogens is 1. The number of nitrogens with zero attached hydrogens (tertiary/aromatic N) is 2. The van der Waals surface area contributed by atoms with Crippen molar-refractivity contribution in [1.29, 1.82) is 0 Å². The average molecular weight is 213 g/mol. The lowest BCUT2D eigenvalue weighted by Crippen LogP contribution is -2.03. The molecule has 0 atom stereocenters. The van der Waals surface area contributed by atoms with E-state index in [2.05, 4.69) is 32.8 Å². The van der Waals surface area contributed by atoms with Gasteiger partial charge in [0.15, 0.2) is 0 Å². The van der Waals surface area contributed by atoms with Crippen LogP contribution in [0.1, 0.15) is 25.5 Å². The zero-order valence-electron chi connectivity index (χ0n) is 6.34. The van der Waals surface area contributed by atoms with Crippen LogP contribution in [0.15, 0.2) is 17.0 Å². The maximum absolute atomic E-state index is 4.30. The van der Waals surface area contributed by atoms with Gasteiger partial charge in [0.25, 0.3) is 0 Å². The zero-order valence-corrected chi connectivity index (χ0v) is 7.93. The van der Waals surface area contributed by atoms with Crippen LogP contribution in [0, 0.1) is 0 Å². The fourth-order valence-electron chi connectivity index (χ4n) is 1.07. The van der Waals surface area contributed by atoms with Gasteiger partial charge in [-0.3, -0.25) is 4.98 Å². The Morgan fingerprint density at radius 2 is 2.09 bits per heavy atom. The van der Waals surface area contributed by atoms with Gasteiger partial charge in [0.1, 0.15) is 4.60 Å². The Balaban J connectivity index is 2.33. The predicted octanol–water partition coefficient (Wildman–Crippen LogP) is 2.29. The quantitative estimate of drug-likeness (QED) is 0.715. The minimum atomic E-state index is 0.341. The van der Waals surface area contributed by atoms with Gasteiger partial charge in [-0.2, -0.15) is 0 Å². The molecule has 1 saturated carbocycles. The second kappa shape index (κ2) is 2.27. The smallest absolute Gasteiger partial charge is 0.124 e. The number of hydrogen-bond acceptors (Lipinski definition) is 2. The first-order valence-corrected chi connectivity index (χ1v) is 4.48. The van der Waals surface area contributed by atoms with Crippen molar-refractivity contribution in [3.05, 3.63) is 22.7 Å². The molecule has 0 unspecified atom stereocenters. The third-order valence-electron chi connectivity index (χ3n) is 2.24. The second-order valence-electron chi connectivity index (χ2n) is 3.29. The molecular formula is C8H9BrN2. The van der Waals surface area contributed by atoms with Gasteiger partial charge in [-0.1, -0.05) is 6.92 Å². The van der Waals surface area contributed by atoms with E-state index >= 15 is 0 Å². The molecule has 0 bridgehead atoms. The van der Waals surface area contributed by atoms with E-state index in [1.54, 1.807) is 6.20 Å². The molecule has 1 aliphatic carbocycles. The van der Waals surface area contributed by atoms with Crippen LogP contribution >= 0.6 is 15.9 Å². The normalized spacial score (nSPS) is 19.8. The Hall–Kier alpha value is -0.440. The van der Waals surface area contributed by atoms with Gasteiger partial charge in [-0.15, -0.1) is 0 Å². The highest BCUT2D eigenvalue weighted by Gasteiger charge is 2.40. The van der Waals surface area contributed by atoms with Crippen molar-refractivity contribution < 1.29 is 0 Å². The Labute approximate surface area is 74.2 Å². The van der Waals surface area contributed by atoms with Crippen molar-refractivity contribution in [2.24, 2.45) is 0 Å². The van der Waals surface area contributed by atoms with E-state index < -0.39 is 0 Å². The SMILES string of the molecule is CC1(c2cnc(Br)cn2)CC1. The highest BCUT2D eigenvalue weighted by molar-refractivity contribution is 9.10. The second-order valence-corrected chi connectivity index (χ2v) is 4.10. The van der Waals surface area contributed by atoms with Crippen LogP contribution in [0.4, 0.5) is 0 Å². The van der Waals surface area contributed by atoms with Gasteiger partial charge < -0.3 is 0 Å². The summed E-state index contributed by atoms with van der Waals surface area (Å²) in [4.78, 5) is 8.44. The zero-order chi connectivity index (χ0) is 7.90. The molecule has 0 amide bonds. The van der Waals surface area contributed by atoms with Crippen molar-refractivity contribution in [3.8, 4) is 0 Å². The maximum atomic E-state index is 4.30. The van der Waals surface area contributed by atoms with Crippen LogP contribution in [0.5, 0.6) is 0 Å². The molecule has 3 heteroatoms. The van der Waals surface area contributed by atoms with Crippen LogP contribution in [-0.2, 0) is 5.41 Å². The molecule has 2 rings (SSSR count). The molecule has 0 N–H and O–H groups in total. The lowest BCUT2D eigenvalue weighted by Gasteiger charge is -2.04. The number of rotatable bonds is 1. The predicted molar refractivity (Wildman–Crippen MR) is 46.3 cm³/mol. The molecule has 1 aromatic rings. The van der Waals surface area contributed by atoms with Crippen molar-refractivity contribution in [1.82, 2.24) is 9.97 Å². The molecule has 1 heterocycles. The Kier molecular flexibility index (Phi) is 1.49. The topological polar surface area (TPSA) is 25.8 Å². The van der Waals surface area contributed by atoms with Gasteiger partial charge in [0.2, 0.25) is 0 Å². The highest BCUT2D eigenvalue weighted by Crippen LogP contribution is 2.46. The highest BCUT2D eigenvalue weighted by atomic mass is 79.9. The van der Waals surface area contributed by atoms with Crippen LogP contribution < -0.4 is 0 Å². The molecule has 1 aromatic heterocycles. The monoisotopic (exact) mass is 212 g/mol. The van der Waals surface area contributed by atoms with Gasteiger partial charge in [0.05, 0.1) is 18.1 Å². The molecule has 1 aliphatic rings. The van der Waals surface area contributed by atoms with Crippen LogP contribution in [0.25, 0.3) is 0 Å². The molecule has 2 nitrogen and oxygen atoms in total. The third kappa shape index (κ3) is 1.29. The van der Waals surface area contributed by atoms with Gasteiger partial charge in [-0.05, 0) is 28.8 Å². The summed E-state index contributed by atoms with van der Waals surface area (Å²) in [5, 5.41) is 0. The lowest BCUT2D eigenvalue weighted by atomic mass is 10.1. The molecular weight excluding hydrogens is 204 g/mol. The molecule has 0 saturated heterocycles. The summed E-state index contributed by atoms with van der Waals surface area (Å²) in [5.74, 6) is 0. The van der Waals surface area contributed by atoms with Crippen molar-refractivity contribution in [2.45, 2.75) is 25.2 Å². The summed E-state index contributed by atoms with van der Waals surface area (Å²) in [6, 6.07) is 0. The summed E-state index contributed by atoms with van der Waals surface area (Å²) < 4.78 is 0.811. The van der Waals surface area contributed by atoms with Crippen molar-refractivity contribution >= 4 is 15.9 Å². The fraction of sp³-hybridized carbons (Fsp3) is 0.500. The summed E-state index contributed by atoms with van der Waals surface area (Å²) in [7, 11) is 0. The Morgan fingerprint density at radius 3 is 2.55 bits per heavy atom. The standard InChI is InChI=1S/C8H9BrN2/c1-8(2-3-8)6-4-11-7(9)5-10-6/h4-5H,2-3H2,1H3. The summed E-state index contributed by atoms with van der Waals surface area (Å²) in [5.41, 5.74) is 1.47. The molecule has 0 radical (unpaired) electrons. The minimum Gasteiger partial charge on any atom is -0.256 e. The van der Waals surface area contributed by atoms with E-state index in [0.717, 1.165) is 10.3 Å². The summed E-state index contributed by atoms with van der Waals surface area (Å²) in [6.45, 7) is 2.23. The van der Waals surface area contributed by atoms with Gasteiger partial charge >= 0.3 is 0 Å². The average Bonchev–Trinajstić information content (AvgIpc) is 2.70. The summed E-state index contributed by atoms with van der Waals surface area (Å²) >= 11 is 3.26. The number of hydrogen-bond donors (Lipinski definition) is 0. The van der Waals surface area contributed by atoms with Crippen LogP contribution in [0.2, 0.25) is 0 Å². The van der Waals surface area contributed by atoms with E-state index in [4.69, 9.17) is 0 Å². The molecule has 0 spiro atoms. The van der Waals surface area contributed by atoms with Gasteiger partial charge in [-0.25, -0.2) is 4.98 Å². The minimum absolute atomic E-state index is 0.341. The van der Waals surface area contributed by atoms with Gasteiger partial charge in [0, 0.05) is 5.41 Å². The molecule has 58 valence electrons. The largest absolute Gasteiger partial charge is 0.256 e. The van der Waals surface area contributed by atoms with E-state index in [1.807, 2.05) is 6.20 Å². The first-order chi connectivity index (χ1) is 5.21. The Morgan fingerprint density at radius 1 is 1.36 bits per heavy atom. The van der Waals surface area contributed by atoms with Crippen LogP contribution in [0.3, 0.4) is 0 Å². The van der Waals surface area contributed by atoms with E-state index in [0.29, 0.717) is 5.41 Å². The number of aromatic nitrogens is 2. The molecule has 0 aliphatic heterocycles. The van der Waals surface area contributed by atoms with Crippen molar-refractivity contribution in [3.63, 3.8) is 0 Å². The van der Waals surface area contributed by atoms with Crippen molar-refractivity contribution in [2.75, 3.05) is 0 Å². The van der Waals surface area contributed by atoms with E-state index in [9.17, 15) is 0 Å². The first-order valence-electron chi connectivity index (χ1n) is 3.69. The first kappa shape index (κ1) is 7.22.